The average molecular weight is 238 g/mol. The van der Waals surface area contributed by atoms with Gasteiger partial charge in [-0.2, -0.15) is 0 Å². The number of unbranched alkanes of at least 4 members (excludes halogenated alkanes) is 4. The highest BCUT2D eigenvalue weighted by Crippen LogP contribution is 2.12. The lowest BCUT2D eigenvalue weighted by molar-refractivity contribution is 0.0684. The Morgan fingerprint density at radius 1 is 1.24 bits per heavy atom. The van der Waals surface area contributed by atoms with Crippen molar-refractivity contribution in [2.24, 2.45) is 0 Å². The Balaban J connectivity index is 2.34. The lowest BCUT2D eigenvalue weighted by atomic mass is 10.2. The van der Waals surface area contributed by atoms with Crippen molar-refractivity contribution < 1.29 is 14.6 Å². The lowest BCUT2D eigenvalue weighted by Crippen LogP contribution is -2.08. The van der Waals surface area contributed by atoms with Crippen molar-refractivity contribution in [2.75, 3.05) is 6.61 Å². The molecule has 1 aromatic rings. The largest absolute Gasteiger partial charge is 0.476 e. The molecule has 17 heavy (non-hydrogen) atoms. The van der Waals surface area contributed by atoms with Crippen LogP contribution >= 0.6 is 0 Å². The van der Waals surface area contributed by atoms with Crippen LogP contribution in [0.2, 0.25) is 0 Å². The van der Waals surface area contributed by atoms with E-state index in [1.165, 1.54) is 31.7 Å². The molecular formula is C12H18N2O3. The zero-order valence-corrected chi connectivity index (χ0v) is 10.1. The SMILES string of the molecule is CCCCCCCOc1nccnc1C(=O)O. The molecule has 94 valence electrons. The maximum atomic E-state index is 10.8. The lowest BCUT2D eigenvalue weighted by Gasteiger charge is -2.06. The maximum absolute atomic E-state index is 10.8. The highest BCUT2D eigenvalue weighted by molar-refractivity contribution is 5.87. The summed E-state index contributed by atoms with van der Waals surface area (Å²) in [6.45, 7) is 2.65. The van der Waals surface area contributed by atoms with Crippen molar-refractivity contribution >= 4 is 5.97 Å². The Kier molecular flexibility index (Phi) is 5.99. The molecule has 0 saturated carbocycles. The molecule has 0 unspecified atom stereocenters. The van der Waals surface area contributed by atoms with E-state index in [0.29, 0.717) is 6.61 Å². The number of carbonyl (C=O) groups is 1. The molecule has 5 nitrogen and oxygen atoms in total. The third kappa shape index (κ3) is 4.80. The van der Waals surface area contributed by atoms with E-state index >= 15 is 0 Å². The molecular weight excluding hydrogens is 220 g/mol. The second-order valence-electron chi connectivity index (χ2n) is 3.78. The van der Waals surface area contributed by atoms with Gasteiger partial charge in [-0.15, -0.1) is 0 Å². The van der Waals surface area contributed by atoms with Crippen LogP contribution in [0, 0.1) is 0 Å². The van der Waals surface area contributed by atoms with Crippen molar-refractivity contribution in [3.63, 3.8) is 0 Å². The van der Waals surface area contributed by atoms with Gasteiger partial charge in [0.25, 0.3) is 0 Å². The number of rotatable bonds is 8. The Morgan fingerprint density at radius 2 is 1.94 bits per heavy atom. The molecule has 0 amide bonds. The minimum absolute atomic E-state index is 0.107. The Hall–Kier alpha value is -1.65. The quantitative estimate of drug-likeness (QED) is 0.704. The van der Waals surface area contributed by atoms with E-state index in [9.17, 15) is 4.79 Å². The van der Waals surface area contributed by atoms with Crippen molar-refractivity contribution in [2.45, 2.75) is 39.0 Å². The predicted molar refractivity (Wildman–Crippen MR) is 63.2 cm³/mol. The van der Waals surface area contributed by atoms with Crippen LogP contribution < -0.4 is 4.74 Å². The van der Waals surface area contributed by atoms with Crippen LogP contribution in [0.1, 0.15) is 49.5 Å². The van der Waals surface area contributed by atoms with Gasteiger partial charge in [0.05, 0.1) is 6.61 Å². The Bertz CT molecular complexity index is 355. The van der Waals surface area contributed by atoms with Crippen LogP contribution in [0.25, 0.3) is 0 Å². The first kappa shape index (κ1) is 13.4. The van der Waals surface area contributed by atoms with Crippen LogP contribution in [-0.2, 0) is 0 Å². The van der Waals surface area contributed by atoms with Crippen LogP contribution in [0.4, 0.5) is 0 Å². The molecule has 0 bridgehead atoms. The van der Waals surface area contributed by atoms with E-state index in [0.717, 1.165) is 12.8 Å². The summed E-state index contributed by atoms with van der Waals surface area (Å²) in [4.78, 5) is 18.4. The summed E-state index contributed by atoms with van der Waals surface area (Å²) >= 11 is 0. The number of carboxylic acids is 1. The van der Waals surface area contributed by atoms with E-state index in [2.05, 4.69) is 16.9 Å². The van der Waals surface area contributed by atoms with Crippen molar-refractivity contribution in [3.8, 4) is 5.88 Å². The number of aromatic carboxylic acids is 1. The summed E-state index contributed by atoms with van der Waals surface area (Å²) in [5.41, 5.74) is -0.124. The van der Waals surface area contributed by atoms with Gasteiger partial charge >= 0.3 is 5.97 Å². The molecule has 1 aromatic heterocycles. The van der Waals surface area contributed by atoms with E-state index in [4.69, 9.17) is 9.84 Å². The average Bonchev–Trinajstić information content (AvgIpc) is 2.34. The fraction of sp³-hybridized carbons (Fsp3) is 0.583. The first-order valence-corrected chi connectivity index (χ1v) is 5.92. The van der Waals surface area contributed by atoms with Gasteiger partial charge in [0, 0.05) is 12.4 Å². The fourth-order valence-corrected chi connectivity index (χ4v) is 1.45. The van der Waals surface area contributed by atoms with Gasteiger partial charge in [0.1, 0.15) is 0 Å². The molecule has 0 aliphatic rings. The van der Waals surface area contributed by atoms with Crippen LogP contribution in [-0.4, -0.2) is 27.7 Å². The second-order valence-corrected chi connectivity index (χ2v) is 3.78. The zero-order valence-electron chi connectivity index (χ0n) is 10.1. The molecule has 0 aromatic carbocycles. The van der Waals surface area contributed by atoms with Gasteiger partial charge in [-0.05, 0) is 6.42 Å². The van der Waals surface area contributed by atoms with Crippen molar-refractivity contribution in [3.05, 3.63) is 18.1 Å². The topological polar surface area (TPSA) is 72.3 Å². The van der Waals surface area contributed by atoms with Crippen LogP contribution in [0.5, 0.6) is 5.88 Å². The molecule has 0 spiro atoms. The number of aromatic nitrogens is 2. The second kappa shape index (κ2) is 7.60. The van der Waals surface area contributed by atoms with Gasteiger partial charge in [-0.1, -0.05) is 32.6 Å². The highest BCUT2D eigenvalue weighted by atomic mass is 16.5. The molecule has 0 atom stereocenters. The first-order chi connectivity index (χ1) is 8.25. The fourth-order valence-electron chi connectivity index (χ4n) is 1.45. The summed E-state index contributed by atoms with van der Waals surface area (Å²) in [7, 11) is 0. The molecule has 0 fully saturated rings. The van der Waals surface area contributed by atoms with Gasteiger partial charge in [-0.25, -0.2) is 14.8 Å². The molecule has 0 radical (unpaired) electrons. The van der Waals surface area contributed by atoms with Crippen LogP contribution in [0.3, 0.4) is 0 Å². The molecule has 0 saturated heterocycles. The van der Waals surface area contributed by atoms with Gasteiger partial charge in [0.2, 0.25) is 11.6 Å². The Morgan fingerprint density at radius 3 is 2.65 bits per heavy atom. The molecule has 0 aliphatic carbocycles. The van der Waals surface area contributed by atoms with Gasteiger partial charge in [0.15, 0.2) is 0 Å². The minimum atomic E-state index is -1.11. The summed E-state index contributed by atoms with van der Waals surface area (Å²) in [6, 6.07) is 0. The Labute approximate surface area is 101 Å². The first-order valence-electron chi connectivity index (χ1n) is 5.92. The molecule has 1 N–H and O–H groups in total. The zero-order chi connectivity index (χ0) is 12.5. The standard InChI is InChI=1S/C12H18N2O3/c1-2-3-4-5-6-9-17-11-10(12(15)16)13-7-8-14-11/h7-8H,2-6,9H2,1H3,(H,15,16). The number of carboxylic acid groups (broad SMARTS) is 1. The number of ether oxygens (including phenoxy) is 1. The number of hydrogen-bond acceptors (Lipinski definition) is 4. The molecule has 1 heterocycles. The van der Waals surface area contributed by atoms with Crippen molar-refractivity contribution in [1.29, 1.82) is 0 Å². The summed E-state index contributed by atoms with van der Waals surface area (Å²) in [5, 5.41) is 8.86. The van der Waals surface area contributed by atoms with Gasteiger partial charge < -0.3 is 9.84 Å². The third-order valence-electron chi connectivity index (χ3n) is 2.35. The number of nitrogens with zero attached hydrogens (tertiary/aromatic N) is 2. The van der Waals surface area contributed by atoms with E-state index in [-0.39, 0.29) is 11.6 Å². The monoisotopic (exact) mass is 238 g/mol. The van der Waals surface area contributed by atoms with E-state index < -0.39 is 5.97 Å². The van der Waals surface area contributed by atoms with Gasteiger partial charge in [-0.3, -0.25) is 0 Å². The highest BCUT2D eigenvalue weighted by Gasteiger charge is 2.13. The third-order valence-corrected chi connectivity index (χ3v) is 2.35. The molecule has 1 rings (SSSR count). The maximum Gasteiger partial charge on any atom is 0.360 e. The summed E-state index contributed by atoms with van der Waals surface area (Å²) in [6.07, 6.45) is 8.40. The predicted octanol–water partition coefficient (Wildman–Crippen LogP) is 2.52. The molecule has 0 aliphatic heterocycles. The van der Waals surface area contributed by atoms with E-state index in [1.807, 2.05) is 0 Å². The summed E-state index contributed by atoms with van der Waals surface area (Å²) < 4.78 is 5.32. The van der Waals surface area contributed by atoms with E-state index in [1.54, 1.807) is 0 Å². The number of hydrogen-bond donors (Lipinski definition) is 1. The summed E-state index contributed by atoms with van der Waals surface area (Å²) in [5.74, 6) is -1.01. The van der Waals surface area contributed by atoms with Crippen molar-refractivity contribution in [1.82, 2.24) is 9.97 Å². The smallest absolute Gasteiger partial charge is 0.360 e. The van der Waals surface area contributed by atoms with Crippen LogP contribution in [0.15, 0.2) is 12.4 Å². The minimum Gasteiger partial charge on any atom is -0.476 e. The normalized spacial score (nSPS) is 10.2. The molecule has 5 heteroatoms.